The Morgan fingerprint density at radius 1 is 1.23 bits per heavy atom. The summed E-state index contributed by atoms with van der Waals surface area (Å²) in [6, 6.07) is 6.41. The van der Waals surface area contributed by atoms with Gasteiger partial charge in [0.05, 0.1) is 30.0 Å². The quantitative estimate of drug-likeness (QED) is 0.442. The highest BCUT2D eigenvalue weighted by atomic mass is 16.5. The van der Waals surface area contributed by atoms with Crippen LogP contribution in [0.5, 0.6) is 5.75 Å². The summed E-state index contributed by atoms with van der Waals surface area (Å²) in [4.78, 5) is 37.8. The van der Waals surface area contributed by atoms with Crippen LogP contribution in [-0.2, 0) is 9.59 Å². The van der Waals surface area contributed by atoms with E-state index in [0.29, 0.717) is 41.5 Å². The lowest BCUT2D eigenvalue weighted by Crippen LogP contribution is -2.35. The fraction of sp³-hybridized carbons (Fsp3) is 0.364. The van der Waals surface area contributed by atoms with E-state index in [9.17, 15) is 14.7 Å². The molecule has 0 bridgehead atoms. The lowest BCUT2D eigenvalue weighted by Gasteiger charge is -2.27. The number of carbonyl (C=O) groups is 2. The van der Waals surface area contributed by atoms with E-state index in [1.165, 1.54) is 18.2 Å². The third kappa shape index (κ3) is 3.91. The Kier molecular flexibility index (Phi) is 6.17. The molecule has 3 rings (SSSR count). The molecule has 2 heterocycles. The third-order valence-electron chi connectivity index (χ3n) is 5.12. The molecule has 0 aliphatic carbocycles. The Morgan fingerprint density at radius 2 is 1.93 bits per heavy atom. The van der Waals surface area contributed by atoms with Crippen LogP contribution >= 0.6 is 0 Å². The summed E-state index contributed by atoms with van der Waals surface area (Å²) < 4.78 is 5.49. The second-order valence-electron chi connectivity index (χ2n) is 7.45. The van der Waals surface area contributed by atoms with Crippen LogP contribution in [0.2, 0.25) is 0 Å². The number of ether oxygens (including phenoxy) is 1. The fourth-order valence-electron chi connectivity index (χ4n) is 3.59. The summed E-state index contributed by atoms with van der Waals surface area (Å²) in [5.74, 6) is -0.588. The van der Waals surface area contributed by atoms with E-state index < -0.39 is 17.7 Å². The van der Waals surface area contributed by atoms with Crippen molar-refractivity contribution in [3.8, 4) is 5.75 Å². The Bertz CT molecular complexity index is 1020. The van der Waals surface area contributed by atoms with Crippen LogP contribution in [0, 0.1) is 13.8 Å². The van der Waals surface area contributed by atoms with Crippen LogP contribution in [0.15, 0.2) is 36.0 Å². The Morgan fingerprint density at radius 3 is 2.57 bits per heavy atom. The van der Waals surface area contributed by atoms with Gasteiger partial charge in [0, 0.05) is 24.8 Å². The average molecular weight is 410 g/mol. The molecule has 0 radical (unpaired) electrons. The summed E-state index contributed by atoms with van der Waals surface area (Å²) in [5.41, 5.74) is 1.49. The van der Waals surface area contributed by atoms with Crippen LogP contribution in [-0.4, -0.2) is 70.9 Å². The minimum atomic E-state index is -0.776. The molecule has 30 heavy (non-hydrogen) atoms. The predicted octanol–water partition coefficient (Wildman–Crippen LogP) is 2.09. The molecule has 1 aromatic heterocycles. The number of nitrogens with zero attached hydrogens (tertiary/aromatic N) is 4. The zero-order valence-electron chi connectivity index (χ0n) is 17.8. The standard InChI is InChI=1S/C22H26N4O4/c1-13-16(12-23-14(2)24-13)20(27)18-19(15-8-6-7-9-17(15)30-5)26(11-10-25(3)4)22(29)21(18)28/h6-9,12,19,27H,10-11H2,1-5H3/b20-18+/t19-/m1/s1. The Hall–Kier alpha value is -3.26. The van der Waals surface area contributed by atoms with Crippen molar-refractivity contribution in [2.24, 2.45) is 0 Å². The van der Waals surface area contributed by atoms with Gasteiger partial charge in [-0.2, -0.15) is 0 Å². The van der Waals surface area contributed by atoms with Gasteiger partial charge in [0.15, 0.2) is 0 Å². The number of aromatic nitrogens is 2. The van der Waals surface area contributed by atoms with Gasteiger partial charge in [-0.1, -0.05) is 18.2 Å². The summed E-state index contributed by atoms with van der Waals surface area (Å²) in [6.07, 6.45) is 1.47. The van der Waals surface area contributed by atoms with Gasteiger partial charge < -0.3 is 19.6 Å². The molecule has 1 fully saturated rings. The van der Waals surface area contributed by atoms with Gasteiger partial charge in [-0.05, 0) is 34.0 Å². The average Bonchev–Trinajstić information content (AvgIpc) is 2.96. The normalized spacial score (nSPS) is 18.3. The molecule has 1 amide bonds. The highest BCUT2D eigenvalue weighted by molar-refractivity contribution is 6.46. The monoisotopic (exact) mass is 410 g/mol. The van der Waals surface area contributed by atoms with E-state index in [-0.39, 0.29) is 11.3 Å². The highest BCUT2D eigenvalue weighted by Gasteiger charge is 2.47. The number of methoxy groups -OCH3 is 1. The SMILES string of the molecule is COc1ccccc1[C@@H]1/C(=C(\O)c2cnc(C)nc2C)C(=O)C(=O)N1CCN(C)C. The van der Waals surface area contributed by atoms with Crippen molar-refractivity contribution in [1.29, 1.82) is 0 Å². The molecule has 8 nitrogen and oxygen atoms in total. The van der Waals surface area contributed by atoms with Gasteiger partial charge in [-0.25, -0.2) is 9.97 Å². The number of Topliss-reactive ketones (excluding diaryl/α,β-unsaturated/α-hetero) is 1. The molecule has 1 saturated heterocycles. The first-order chi connectivity index (χ1) is 14.3. The number of hydrogen-bond acceptors (Lipinski definition) is 7. The molecule has 1 aliphatic heterocycles. The molecular weight excluding hydrogens is 384 g/mol. The maximum atomic E-state index is 13.0. The van der Waals surface area contributed by atoms with E-state index >= 15 is 0 Å². The summed E-state index contributed by atoms with van der Waals surface area (Å²) in [7, 11) is 5.31. The van der Waals surface area contributed by atoms with Crippen LogP contribution in [0.3, 0.4) is 0 Å². The molecule has 1 N–H and O–H groups in total. The smallest absolute Gasteiger partial charge is 0.295 e. The van der Waals surface area contributed by atoms with Crippen LogP contribution < -0.4 is 4.74 Å². The van der Waals surface area contributed by atoms with E-state index in [4.69, 9.17) is 4.74 Å². The first-order valence-corrected chi connectivity index (χ1v) is 9.63. The third-order valence-corrected chi connectivity index (χ3v) is 5.12. The second-order valence-corrected chi connectivity index (χ2v) is 7.45. The van der Waals surface area contributed by atoms with Crippen molar-refractivity contribution >= 4 is 17.4 Å². The van der Waals surface area contributed by atoms with Crippen LogP contribution in [0.1, 0.15) is 28.7 Å². The van der Waals surface area contributed by atoms with Crippen LogP contribution in [0.4, 0.5) is 0 Å². The van der Waals surface area contributed by atoms with E-state index in [1.807, 2.05) is 31.1 Å². The first-order valence-electron chi connectivity index (χ1n) is 9.63. The molecule has 158 valence electrons. The molecule has 1 aliphatic rings. The molecular formula is C22H26N4O4. The topological polar surface area (TPSA) is 95.9 Å². The number of para-hydroxylation sites is 1. The zero-order valence-corrected chi connectivity index (χ0v) is 17.8. The number of aliphatic hydroxyl groups excluding tert-OH is 1. The summed E-state index contributed by atoms with van der Waals surface area (Å²) >= 11 is 0. The van der Waals surface area contributed by atoms with Crippen molar-refractivity contribution in [2.75, 3.05) is 34.3 Å². The van der Waals surface area contributed by atoms with Gasteiger partial charge >= 0.3 is 0 Å². The molecule has 0 unspecified atom stereocenters. The van der Waals surface area contributed by atoms with Gasteiger partial charge in [0.1, 0.15) is 17.3 Å². The lowest BCUT2D eigenvalue weighted by atomic mass is 9.94. The first kappa shape index (κ1) is 21.4. The fourth-order valence-corrected chi connectivity index (χ4v) is 3.59. The van der Waals surface area contributed by atoms with Crippen molar-refractivity contribution in [1.82, 2.24) is 19.8 Å². The minimum Gasteiger partial charge on any atom is -0.507 e. The van der Waals surface area contributed by atoms with Crippen LogP contribution in [0.25, 0.3) is 5.76 Å². The van der Waals surface area contributed by atoms with Gasteiger partial charge in [0.2, 0.25) is 0 Å². The number of rotatable bonds is 6. The zero-order chi connectivity index (χ0) is 22.0. The van der Waals surface area contributed by atoms with Crippen molar-refractivity contribution in [2.45, 2.75) is 19.9 Å². The molecule has 0 spiro atoms. The maximum absolute atomic E-state index is 13.0. The molecule has 8 heteroatoms. The number of carbonyl (C=O) groups excluding carboxylic acids is 2. The largest absolute Gasteiger partial charge is 0.507 e. The lowest BCUT2D eigenvalue weighted by molar-refractivity contribution is -0.140. The number of ketones is 1. The van der Waals surface area contributed by atoms with Gasteiger partial charge in [0.25, 0.3) is 11.7 Å². The second kappa shape index (κ2) is 8.62. The number of likely N-dealkylation sites (tertiary alicyclic amines) is 1. The minimum absolute atomic E-state index is 0.0128. The number of amides is 1. The molecule has 1 aromatic carbocycles. The molecule has 0 saturated carbocycles. The summed E-state index contributed by atoms with van der Waals surface area (Å²) in [6.45, 7) is 4.35. The predicted molar refractivity (Wildman–Crippen MR) is 112 cm³/mol. The number of benzene rings is 1. The number of likely N-dealkylation sites (N-methyl/N-ethyl adjacent to an activating group) is 1. The number of hydrogen-bond donors (Lipinski definition) is 1. The van der Waals surface area contributed by atoms with E-state index in [1.54, 1.807) is 26.0 Å². The van der Waals surface area contributed by atoms with Crippen molar-refractivity contribution in [3.05, 3.63) is 58.7 Å². The van der Waals surface area contributed by atoms with Crippen molar-refractivity contribution in [3.63, 3.8) is 0 Å². The highest BCUT2D eigenvalue weighted by Crippen LogP contribution is 2.42. The Labute approximate surface area is 175 Å². The summed E-state index contributed by atoms with van der Waals surface area (Å²) in [5, 5.41) is 11.1. The number of aryl methyl sites for hydroxylation is 2. The van der Waals surface area contributed by atoms with Gasteiger partial charge in [-0.3, -0.25) is 9.59 Å². The number of aliphatic hydroxyl groups is 1. The van der Waals surface area contributed by atoms with Gasteiger partial charge in [-0.15, -0.1) is 0 Å². The van der Waals surface area contributed by atoms with E-state index in [0.717, 1.165) is 0 Å². The molecule has 1 atom stereocenters. The van der Waals surface area contributed by atoms with E-state index in [2.05, 4.69) is 9.97 Å². The van der Waals surface area contributed by atoms with Crippen molar-refractivity contribution < 1.29 is 19.4 Å². The Balaban J connectivity index is 2.22. The maximum Gasteiger partial charge on any atom is 0.295 e. The molecule has 2 aromatic rings.